The van der Waals surface area contributed by atoms with Gasteiger partial charge in [-0.15, -0.1) is 0 Å². The monoisotopic (exact) mass is 421 g/mol. The third-order valence-electron chi connectivity index (χ3n) is 4.65. The zero-order valence-corrected chi connectivity index (χ0v) is 18.8. The van der Waals surface area contributed by atoms with Crippen LogP contribution in [-0.2, 0) is 18.9 Å². The molecule has 7 heteroatoms. The van der Waals surface area contributed by atoms with Crippen LogP contribution in [0.15, 0.2) is 0 Å². The summed E-state index contributed by atoms with van der Waals surface area (Å²) in [5, 5.41) is 17.4. The second-order valence-electron chi connectivity index (χ2n) is 7.21. The fourth-order valence-electron chi connectivity index (χ4n) is 2.97. The van der Waals surface area contributed by atoms with Crippen molar-refractivity contribution < 1.29 is 29.2 Å². The predicted octanol–water partition coefficient (Wildman–Crippen LogP) is 2.48. The number of hydrogen-bond donors (Lipinski definition) is 2. The number of hydrogen-bond acceptors (Lipinski definition) is 7. The molecule has 0 amide bonds. The molecule has 7 nitrogen and oxygen atoms in total. The van der Waals surface area contributed by atoms with Crippen molar-refractivity contribution in [1.82, 2.24) is 4.90 Å². The molecule has 0 spiro atoms. The van der Waals surface area contributed by atoms with E-state index in [0.717, 1.165) is 19.6 Å². The molecule has 0 heterocycles. The van der Waals surface area contributed by atoms with E-state index in [4.69, 9.17) is 29.2 Å². The van der Waals surface area contributed by atoms with Gasteiger partial charge in [0.1, 0.15) is 0 Å². The number of rotatable bonds is 25. The van der Waals surface area contributed by atoms with Crippen LogP contribution in [0, 0.1) is 0 Å². The molecular formula is C22H47NO6. The van der Waals surface area contributed by atoms with Gasteiger partial charge in [-0.1, -0.05) is 51.9 Å². The fraction of sp³-hybridized carbons (Fsp3) is 1.00. The molecule has 0 unspecified atom stereocenters. The Labute approximate surface area is 178 Å². The highest BCUT2D eigenvalue weighted by atomic mass is 16.5. The Bertz CT molecular complexity index is 278. The number of aliphatic hydroxyl groups is 2. The molecule has 2 N–H and O–H groups in total. The van der Waals surface area contributed by atoms with Crippen molar-refractivity contribution in [2.24, 2.45) is 0 Å². The molecule has 0 atom stereocenters. The second kappa shape index (κ2) is 25.8. The fourth-order valence-corrected chi connectivity index (χ4v) is 2.97. The molecular weight excluding hydrogens is 374 g/mol. The molecule has 0 saturated heterocycles. The molecule has 0 aromatic carbocycles. The van der Waals surface area contributed by atoms with Crippen molar-refractivity contribution in [2.75, 3.05) is 85.7 Å². The van der Waals surface area contributed by atoms with E-state index in [-0.39, 0.29) is 13.2 Å². The molecule has 29 heavy (non-hydrogen) atoms. The SMILES string of the molecule is CCCCCCCCCCN(CCOCCOCCO)CCOCCOCCO. The van der Waals surface area contributed by atoms with Gasteiger partial charge in [-0.3, -0.25) is 4.90 Å². The highest BCUT2D eigenvalue weighted by molar-refractivity contribution is 4.58. The Kier molecular flexibility index (Phi) is 25.5. The Balaban J connectivity index is 3.80. The molecule has 176 valence electrons. The molecule has 0 rings (SSSR count). The highest BCUT2D eigenvalue weighted by Gasteiger charge is 2.05. The Hall–Kier alpha value is -0.280. The highest BCUT2D eigenvalue weighted by Crippen LogP contribution is 2.09. The average molecular weight is 422 g/mol. The number of ether oxygens (including phenoxy) is 4. The predicted molar refractivity (Wildman–Crippen MR) is 116 cm³/mol. The Morgan fingerprint density at radius 1 is 0.483 bits per heavy atom. The minimum atomic E-state index is 0.0530. The smallest absolute Gasteiger partial charge is 0.0701 e. The lowest BCUT2D eigenvalue weighted by atomic mass is 10.1. The zero-order valence-electron chi connectivity index (χ0n) is 18.8. The topological polar surface area (TPSA) is 80.6 Å². The van der Waals surface area contributed by atoms with Gasteiger partial charge < -0.3 is 29.2 Å². The molecule has 0 radical (unpaired) electrons. The van der Waals surface area contributed by atoms with Crippen LogP contribution in [0.5, 0.6) is 0 Å². The van der Waals surface area contributed by atoms with Crippen molar-refractivity contribution in [1.29, 1.82) is 0 Å². The van der Waals surface area contributed by atoms with E-state index in [0.29, 0.717) is 52.9 Å². The number of aliphatic hydroxyl groups excluding tert-OH is 2. The van der Waals surface area contributed by atoms with Gasteiger partial charge >= 0.3 is 0 Å². The van der Waals surface area contributed by atoms with E-state index in [9.17, 15) is 0 Å². The van der Waals surface area contributed by atoms with Crippen LogP contribution in [0.4, 0.5) is 0 Å². The summed E-state index contributed by atoms with van der Waals surface area (Å²) in [6, 6.07) is 0. The third-order valence-corrected chi connectivity index (χ3v) is 4.65. The van der Waals surface area contributed by atoms with Crippen molar-refractivity contribution >= 4 is 0 Å². The first-order valence-electron chi connectivity index (χ1n) is 11.6. The first-order chi connectivity index (χ1) is 14.3. The maximum Gasteiger partial charge on any atom is 0.0701 e. The minimum Gasteiger partial charge on any atom is -0.394 e. The Morgan fingerprint density at radius 3 is 1.34 bits per heavy atom. The zero-order chi connectivity index (χ0) is 21.3. The standard InChI is InChI=1S/C22H47NO6/c1-2-3-4-5-6-7-8-9-10-23(11-15-26-19-21-28-17-13-24)12-16-27-20-22-29-18-14-25/h24-25H,2-22H2,1H3. The quantitative estimate of drug-likeness (QED) is 0.219. The van der Waals surface area contributed by atoms with Crippen LogP contribution >= 0.6 is 0 Å². The lowest BCUT2D eigenvalue weighted by Crippen LogP contribution is -2.32. The molecule has 0 aliphatic heterocycles. The van der Waals surface area contributed by atoms with Crippen LogP contribution in [0.25, 0.3) is 0 Å². The van der Waals surface area contributed by atoms with Gasteiger partial charge in [0.05, 0.1) is 66.1 Å². The normalized spacial score (nSPS) is 11.6. The summed E-state index contributed by atoms with van der Waals surface area (Å²) in [6.07, 6.45) is 10.6. The van der Waals surface area contributed by atoms with Crippen LogP contribution in [0.3, 0.4) is 0 Å². The lowest BCUT2D eigenvalue weighted by Gasteiger charge is -2.22. The van der Waals surface area contributed by atoms with Gasteiger partial charge in [-0.25, -0.2) is 0 Å². The lowest BCUT2D eigenvalue weighted by molar-refractivity contribution is 0.0145. The van der Waals surface area contributed by atoms with Crippen LogP contribution in [-0.4, -0.2) is 101 Å². The Morgan fingerprint density at radius 2 is 0.897 bits per heavy atom. The van der Waals surface area contributed by atoms with Crippen molar-refractivity contribution in [2.45, 2.75) is 58.3 Å². The van der Waals surface area contributed by atoms with Gasteiger partial charge in [-0.05, 0) is 13.0 Å². The van der Waals surface area contributed by atoms with Gasteiger partial charge in [-0.2, -0.15) is 0 Å². The minimum absolute atomic E-state index is 0.0530. The van der Waals surface area contributed by atoms with Crippen molar-refractivity contribution in [3.63, 3.8) is 0 Å². The molecule has 0 aliphatic carbocycles. The van der Waals surface area contributed by atoms with Gasteiger partial charge in [0.15, 0.2) is 0 Å². The number of unbranched alkanes of at least 4 members (excludes halogenated alkanes) is 7. The summed E-state index contributed by atoms with van der Waals surface area (Å²) in [5.41, 5.74) is 0. The molecule has 0 fully saturated rings. The third kappa shape index (κ3) is 23.9. The summed E-state index contributed by atoms with van der Waals surface area (Å²) in [5.74, 6) is 0. The van der Waals surface area contributed by atoms with Crippen LogP contribution < -0.4 is 0 Å². The van der Waals surface area contributed by atoms with E-state index in [1.807, 2.05) is 0 Å². The summed E-state index contributed by atoms with van der Waals surface area (Å²) in [7, 11) is 0. The number of nitrogens with zero attached hydrogens (tertiary/aromatic N) is 1. The van der Waals surface area contributed by atoms with Crippen LogP contribution in [0.2, 0.25) is 0 Å². The largest absolute Gasteiger partial charge is 0.394 e. The van der Waals surface area contributed by atoms with E-state index in [1.54, 1.807) is 0 Å². The molecule has 0 saturated carbocycles. The van der Waals surface area contributed by atoms with E-state index >= 15 is 0 Å². The first kappa shape index (κ1) is 28.7. The van der Waals surface area contributed by atoms with E-state index in [1.165, 1.54) is 51.4 Å². The van der Waals surface area contributed by atoms with Crippen LogP contribution in [0.1, 0.15) is 58.3 Å². The van der Waals surface area contributed by atoms with Gasteiger partial charge in [0, 0.05) is 13.1 Å². The first-order valence-corrected chi connectivity index (χ1v) is 11.6. The van der Waals surface area contributed by atoms with E-state index < -0.39 is 0 Å². The molecule has 0 bridgehead atoms. The maximum absolute atomic E-state index is 8.68. The molecule has 0 aromatic heterocycles. The molecule has 0 aromatic rings. The summed E-state index contributed by atoms with van der Waals surface area (Å²) in [4.78, 5) is 2.40. The second-order valence-corrected chi connectivity index (χ2v) is 7.21. The average Bonchev–Trinajstić information content (AvgIpc) is 2.73. The van der Waals surface area contributed by atoms with E-state index in [2.05, 4.69) is 11.8 Å². The van der Waals surface area contributed by atoms with Gasteiger partial charge in [0.25, 0.3) is 0 Å². The summed E-state index contributed by atoms with van der Waals surface area (Å²) >= 11 is 0. The van der Waals surface area contributed by atoms with Crippen molar-refractivity contribution in [3.05, 3.63) is 0 Å². The van der Waals surface area contributed by atoms with Crippen molar-refractivity contribution in [3.8, 4) is 0 Å². The summed E-state index contributed by atoms with van der Waals surface area (Å²) in [6.45, 7) is 9.48. The van der Waals surface area contributed by atoms with Gasteiger partial charge in [0.2, 0.25) is 0 Å². The molecule has 0 aliphatic rings. The summed E-state index contributed by atoms with van der Waals surface area (Å²) < 4.78 is 21.7. The maximum atomic E-state index is 8.68.